The molecule has 5 nitrogen and oxygen atoms in total. The first kappa shape index (κ1) is 15.5. The van der Waals surface area contributed by atoms with Crippen molar-refractivity contribution in [3.05, 3.63) is 28.8 Å². The summed E-state index contributed by atoms with van der Waals surface area (Å²) in [6.07, 6.45) is -0.347. The molecule has 1 atom stereocenters. The lowest BCUT2D eigenvalue weighted by atomic mass is 10.1. The maximum Gasteiger partial charge on any atom is 0.253 e. The van der Waals surface area contributed by atoms with Gasteiger partial charge in [-0.2, -0.15) is 0 Å². The van der Waals surface area contributed by atoms with E-state index >= 15 is 0 Å². The number of carbonyl (C=O) groups excluding carboxylic acids is 2. The first-order valence-corrected chi connectivity index (χ1v) is 6.40. The lowest BCUT2D eigenvalue weighted by molar-refractivity contribution is -0.123. The number of rotatable bonds is 5. The topological polar surface area (TPSA) is 78.4 Å². The molecule has 0 aliphatic heterocycles. The minimum absolute atomic E-state index is 0.284. The third kappa shape index (κ3) is 4.54. The lowest BCUT2D eigenvalue weighted by Gasteiger charge is -2.12. The number of hydrogen-bond acceptors (Lipinski definition) is 3. The highest BCUT2D eigenvalue weighted by Crippen LogP contribution is 2.21. The second kappa shape index (κ2) is 7.11. The summed E-state index contributed by atoms with van der Waals surface area (Å²) in [5, 5.41) is 14.8. The molecule has 0 fully saturated rings. The number of carbonyl (C=O) groups is 2. The molecule has 0 aliphatic carbocycles. The molecule has 0 radical (unpaired) electrons. The maximum absolute atomic E-state index is 11.9. The molecule has 0 spiro atoms. The van der Waals surface area contributed by atoms with Gasteiger partial charge < -0.3 is 15.7 Å². The van der Waals surface area contributed by atoms with Crippen molar-refractivity contribution in [3.63, 3.8) is 0 Å². The van der Waals surface area contributed by atoms with Crippen LogP contribution in [0.15, 0.2) is 18.2 Å². The fourth-order valence-corrected chi connectivity index (χ4v) is 1.56. The highest BCUT2D eigenvalue weighted by molar-refractivity contribution is 6.31. The van der Waals surface area contributed by atoms with Crippen molar-refractivity contribution < 1.29 is 14.7 Å². The van der Waals surface area contributed by atoms with Crippen LogP contribution in [-0.4, -0.2) is 29.6 Å². The minimum Gasteiger partial charge on any atom is -0.384 e. The van der Waals surface area contributed by atoms with Gasteiger partial charge in [0.1, 0.15) is 6.10 Å². The molecule has 2 amide bonds. The number of aliphatic hydroxyl groups is 1. The molecule has 0 aliphatic rings. The van der Waals surface area contributed by atoms with E-state index in [1.165, 1.54) is 19.1 Å². The summed E-state index contributed by atoms with van der Waals surface area (Å²) in [6, 6.07) is 4.58. The van der Waals surface area contributed by atoms with Gasteiger partial charge in [0, 0.05) is 11.6 Å². The van der Waals surface area contributed by atoms with Gasteiger partial charge in [-0.05, 0) is 31.5 Å². The summed E-state index contributed by atoms with van der Waals surface area (Å²) in [4.78, 5) is 23.4. The van der Waals surface area contributed by atoms with Crippen LogP contribution in [-0.2, 0) is 4.79 Å². The Kier molecular flexibility index (Phi) is 5.79. The first-order valence-electron chi connectivity index (χ1n) is 6.02. The predicted molar refractivity (Wildman–Crippen MR) is 74.4 cm³/mol. The molecule has 6 heteroatoms. The summed E-state index contributed by atoms with van der Waals surface area (Å²) in [5.74, 6) is -0.883. The molecular formula is C13H17ClN2O3. The number of anilines is 1. The van der Waals surface area contributed by atoms with Crippen LogP contribution in [0.25, 0.3) is 0 Å². The average molecular weight is 285 g/mol. The molecule has 19 heavy (non-hydrogen) atoms. The van der Waals surface area contributed by atoms with Gasteiger partial charge in [0.15, 0.2) is 0 Å². The van der Waals surface area contributed by atoms with Crippen molar-refractivity contribution in [2.75, 3.05) is 11.9 Å². The summed E-state index contributed by atoms with van der Waals surface area (Å²) in [7, 11) is 0. The van der Waals surface area contributed by atoms with Crippen molar-refractivity contribution in [3.8, 4) is 0 Å². The van der Waals surface area contributed by atoms with E-state index in [1.54, 1.807) is 6.07 Å². The highest BCUT2D eigenvalue weighted by Gasteiger charge is 2.15. The van der Waals surface area contributed by atoms with E-state index in [1.807, 2.05) is 6.92 Å². The Morgan fingerprint density at radius 2 is 2.11 bits per heavy atom. The van der Waals surface area contributed by atoms with Gasteiger partial charge >= 0.3 is 0 Å². The summed E-state index contributed by atoms with van der Waals surface area (Å²) in [5.41, 5.74) is 0.596. The summed E-state index contributed by atoms with van der Waals surface area (Å²) in [6.45, 7) is 3.83. The molecule has 1 rings (SSSR count). The van der Waals surface area contributed by atoms with E-state index in [0.29, 0.717) is 17.1 Å². The molecule has 0 saturated heterocycles. The molecule has 0 bridgehead atoms. The minimum atomic E-state index is -1.16. The molecule has 0 heterocycles. The Morgan fingerprint density at radius 1 is 1.42 bits per heavy atom. The summed E-state index contributed by atoms with van der Waals surface area (Å²) >= 11 is 5.84. The highest BCUT2D eigenvalue weighted by atomic mass is 35.5. The van der Waals surface area contributed by atoms with Crippen LogP contribution in [0, 0.1) is 0 Å². The van der Waals surface area contributed by atoms with Crippen LogP contribution in [0.4, 0.5) is 5.69 Å². The van der Waals surface area contributed by atoms with Gasteiger partial charge in [-0.25, -0.2) is 0 Å². The van der Waals surface area contributed by atoms with E-state index in [2.05, 4.69) is 10.6 Å². The molecule has 104 valence electrons. The van der Waals surface area contributed by atoms with Crippen molar-refractivity contribution >= 4 is 29.1 Å². The Labute approximate surface area is 117 Å². The smallest absolute Gasteiger partial charge is 0.253 e. The molecule has 0 saturated carbocycles. The fraction of sp³-hybridized carbons (Fsp3) is 0.385. The van der Waals surface area contributed by atoms with Gasteiger partial charge in [-0.15, -0.1) is 0 Å². The normalized spacial score (nSPS) is 11.8. The molecule has 0 aromatic heterocycles. The van der Waals surface area contributed by atoms with Crippen molar-refractivity contribution in [1.29, 1.82) is 0 Å². The Hall–Kier alpha value is -1.59. The number of benzene rings is 1. The van der Waals surface area contributed by atoms with Crippen molar-refractivity contribution in [2.24, 2.45) is 0 Å². The molecule has 1 unspecified atom stereocenters. The van der Waals surface area contributed by atoms with Crippen molar-refractivity contribution in [1.82, 2.24) is 5.32 Å². The number of halogens is 1. The SMILES string of the molecule is CCCNC(=O)c1ccc(Cl)cc1NC(=O)C(C)O. The van der Waals surface area contributed by atoms with Gasteiger partial charge in [0.2, 0.25) is 0 Å². The van der Waals surface area contributed by atoms with Gasteiger partial charge in [-0.1, -0.05) is 18.5 Å². The Morgan fingerprint density at radius 3 is 2.68 bits per heavy atom. The van der Waals surface area contributed by atoms with E-state index in [4.69, 9.17) is 11.6 Å². The lowest BCUT2D eigenvalue weighted by Crippen LogP contribution is -2.28. The van der Waals surface area contributed by atoms with Gasteiger partial charge in [0.25, 0.3) is 11.8 Å². The van der Waals surface area contributed by atoms with Crippen LogP contribution in [0.2, 0.25) is 5.02 Å². The van der Waals surface area contributed by atoms with Crippen molar-refractivity contribution in [2.45, 2.75) is 26.4 Å². The number of hydrogen-bond donors (Lipinski definition) is 3. The zero-order chi connectivity index (χ0) is 14.4. The average Bonchev–Trinajstić information content (AvgIpc) is 2.36. The fourth-order valence-electron chi connectivity index (χ4n) is 1.39. The Balaban J connectivity index is 2.97. The van der Waals surface area contributed by atoms with Crippen LogP contribution >= 0.6 is 11.6 Å². The standard InChI is InChI=1S/C13H17ClN2O3/c1-3-6-15-13(19)10-5-4-9(14)7-11(10)16-12(18)8(2)17/h4-5,7-8,17H,3,6H2,1-2H3,(H,15,19)(H,16,18). The second-order valence-electron chi connectivity index (χ2n) is 4.11. The van der Waals surface area contributed by atoms with Crippen LogP contribution < -0.4 is 10.6 Å². The third-order valence-corrected chi connectivity index (χ3v) is 2.63. The first-order chi connectivity index (χ1) is 8.95. The zero-order valence-corrected chi connectivity index (χ0v) is 11.6. The molecular weight excluding hydrogens is 268 g/mol. The molecule has 3 N–H and O–H groups in total. The largest absolute Gasteiger partial charge is 0.384 e. The van der Waals surface area contributed by atoms with Crippen LogP contribution in [0.1, 0.15) is 30.6 Å². The van der Waals surface area contributed by atoms with E-state index in [0.717, 1.165) is 6.42 Å². The molecule has 1 aromatic rings. The Bertz CT molecular complexity index is 475. The number of nitrogens with one attached hydrogen (secondary N) is 2. The van der Waals surface area contributed by atoms with E-state index in [9.17, 15) is 14.7 Å². The number of amides is 2. The monoisotopic (exact) mass is 284 g/mol. The zero-order valence-electron chi connectivity index (χ0n) is 10.9. The second-order valence-corrected chi connectivity index (χ2v) is 4.55. The van der Waals surface area contributed by atoms with E-state index < -0.39 is 12.0 Å². The van der Waals surface area contributed by atoms with E-state index in [-0.39, 0.29) is 11.6 Å². The summed E-state index contributed by atoms with van der Waals surface area (Å²) < 4.78 is 0. The molecule has 1 aromatic carbocycles. The predicted octanol–water partition coefficient (Wildman–Crippen LogP) is 1.80. The third-order valence-electron chi connectivity index (χ3n) is 2.40. The quantitative estimate of drug-likeness (QED) is 0.771. The van der Waals surface area contributed by atoms with Gasteiger partial charge in [-0.3, -0.25) is 9.59 Å². The van der Waals surface area contributed by atoms with Crippen LogP contribution in [0.3, 0.4) is 0 Å². The maximum atomic E-state index is 11.9. The number of aliphatic hydroxyl groups excluding tert-OH is 1. The van der Waals surface area contributed by atoms with Crippen LogP contribution in [0.5, 0.6) is 0 Å². The van der Waals surface area contributed by atoms with Gasteiger partial charge in [0.05, 0.1) is 11.3 Å².